The molecule has 0 aromatic heterocycles. The molecule has 0 saturated heterocycles. The van der Waals surface area contributed by atoms with Gasteiger partial charge < -0.3 is 10.6 Å². The Kier molecular flexibility index (Phi) is 5.16. The maximum Gasteiger partial charge on any atom is 0.335 e. The molecule has 1 aromatic rings. The first-order valence-electron chi connectivity index (χ1n) is 6.16. The number of nitrogen functional groups attached to an aromatic ring is 1. The molecule has 0 spiro atoms. The van der Waals surface area contributed by atoms with Crippen LogP contribution in [-0.2, 0) is 10.3 Å². The van der Waals surface area contributed by atoms with Gasteiger partial charge in [-0.15, -0.1) is 0 Å². The number of nitrogens with two attached hydrogens (primary N) is 1. The van der Waals surface area contributed by atoms with Crippen LogP contribution in [0.25, 0.3) is 0 Å². The van der Waals surface area contributed by atoms with E-state index in [1.54, 1.807) is 6.07 Å². The summed E-state index contributed by atoms with van der Waals surface area (Å²) in [7, 11) is -4.23. The van der Waals surface area contributed by atoms with E-state index in [0.29, 0.717) is 18.7 Å². The zero-order valence-electron chi connectivity index (χ0n) is 11.4. The summed E-state index contributed by atoms with van der Waals surface area (Å²) in [6, 6.07) is 5.51. The average molecular weight is 287 g/mol. The summed E-state index contributed by atoms with van der Waals surface area (Å²) >= 11 is 0. The van der Waals surface area contributed by atoms with Gasteiger partial charge in [0, 0.05) is 17.9 Å². The molecule has 1 atom stereocenters. The van der Waals surface area contributed by atoms with Crippen molar-refractivity contribution >= 4 is 21.7 Å². The largest absolute Gasteiger partial charge is 0.399 e. The van der Waals surface area contributed by atoms with Crippen LogP contribution in [-0.4, -0.2) is 25.7 Å². The van der Waals surface area contributed by atoms with Crippen molar-refractivity contribution in [3.63, 3.8) is 0 Å². The molecule has 0 radical (unpaired) electrons. The quantitative estimate of drug-likeness (QED) is 0.419. The fourth-order valence-electron chi connectivity index (χ4n) is 1.96. The molecule has 1 unspecified atom stereocenters. The van der Waals surface area contributed by atoms with Crippen molar-refractivity contribution in [2.75, 3.05) is 17.2 Å². The number of aryl methyl sites for hydroxylation is 1. The van der Waals surface area contributed by atoms with Crippen LogP contribution in [0.3, 0.4) is 0 Å². The number of hydrogen-bond donors (Lipinski definition) is 3. The molecule has 7 heteroatoms. The Morgan fingerprint density at radius 3 is 2.47 bits per heavy atom. The molecule has 4 N–H and O–H groups in total. The predicted octanol–water partition coefficient (Wildman–Crippen LogP) is 1.53. The Hall–Kier alpha value is -1.31. The molecule has 19 heavy (non-hydrogen) atoms. The van der Waals surface area contributed by atoms with Gasteiger partial charge in [0.25, 0.3) is 0 Å². The van der Waals surface area contributed by atoms with E-state index in [1.807, 2.05) is 37.8 Å². The van der Waals surface area contributed by atoms with Crippen molar-refractivity contribution in [1.29, 1.82) is 0 Å². The van der Waals surface area contributed by atoms with Crippen molar-refractivity contribution in [3.8, 4) is 0 Å². The molecule has 1 aromatic carbocycles. The van der Waals surface area contributed by atoms with Crippen molar-refractivity contribution in [3.05, 3.63) is 23.8 Å². The molecule has 0 fully saturated rings. The minimum atomic E-state index is -4.23. The molecule has 0 amide bonds. The van der Waals surface area contributed by atoms with E-state index in [2.05, 4.69) is 4.72 Å². The Balaban J connectivity index is 3.06. The highest BCUT2D eigenvalue weighted by atomic mass is 32.2. The minimum absolute atomic E-state index is 0.497. The molecule has 108 valence electrons. The first-order valence-corrected chi connectivity index (χ1v) is 7.60. The van der Waals surface area contributed by atoms with Gasteiger partial charge in [-0.1, -0.05) is 6.92 Å². The molecule has 0 aliphatic heterocycles. The number of rotatable bonds is 6. The third-order valence-electron chi connectivity index (χ3n) is 2.97. The zero-order valence-corrected chi connectivity index (χ0v) is 12.2. The topological polar surface area (TPSA) is 95.7 Å². The molecule has 0 aliphatic rings. The highest BCUT2D eigenvalue weighted by Crippen LogP contribution is 2.22. The van der Waals surface area contributed by atoms with E-state index in [9.17, 15) is 8.42 Å². The minimum Gasteiger partial charge on any atom is -0.399 e. The van der Waals surface area contributed by atoms with Gasteiger partial charge in [-0.05, 0) is 44.0 Å². The van der Waals surface area contributed by atoms with Crippen LogP contribution in [0.1, 0.15) is 25.8 Å². The number of nitrogens with one attached hydrogen (secondary N) is 1. The van der Waals surface area contributed by atoms with Crippen molar-refractivity contribution in [2.45, 2.75) is 33.4 Å². The van der Waals surface area contributed by atoms with Gasteiger partial charge in [0.1, 0.15) is 0 Å². The normalized spacial score (nSPS) is 13.3. The first kappa shape index (κ1) is 15.7. The highest BCUT2D eigenvalue weighted by Gasteiger charge is 2.20. The standard InChI is InChI=1S/C12H21N3O3S/c1-4-12(14-19(16,17)18)15(5-2)10-6-7-11(13)9(3)8-10/h6-8,12,14H,4-5,13H2,1-3H3,(H,16,17,18). The maximum atomic E-state index is 11.0. The number of nitrogens with zero attached hydrogens (tertiary/aromatic N) is 1. The fourth-order valence-corrected chi connectivity index (χ4v) is 2.60. The van der Waals surface area contributed by atoms with Gasteiger partial charge in [-0.25, -0.2) is 0 Å². The van der Waals surface area contributed by atoms with Gasteiger partial charge in [0.05, 0.1) is 6.17 Å². The molecular weight excluding hydrogens is 266 g/mol. The lowest BCUT2D eigenvalue weighted by molar-refractivity contribution is 0.441. The second-order valence-corrected chi connectivity index (χ2v) is 5.53. The monoisotopic (exact) mass is 287 g/mol. The highest BCUT2D eigenvalue weighted by molar-refractivity contribution is 7.83. The van der Waals surface area contributed by atoms with Crippen LogP contribution >= 0.6 is 0 Å². The summed E-state index contributed by atoms with van der Waals surface area (Å²) in [4.78, 5) is 1.86. The summed E-state index contributed by atoms with van der Waals surface area (Å²) in [6.07, 6.45) is 0.0277. The second kappa shape index (κ2) is 6.23. The van der Waals surface area contributed by atoms with Gasteiger partial charge >= 0.3 is 10.3 Å². The summed E-state index contributed by atoms with van der Waals surface area (Å²) in [5, 5.41) is 0. The lowest BCUT2D eigenvalue weighted by atomic mass is 10.1. The summed E-state index contributed by atoms with van der Waals surface area (Å²) in [5.41, 5.74) is 8.25. The van der Waals surface area contributed by atoms with Crippen LogP contribution in [0.4, 0.5) is 11.4 Å². The Bertz CT molecular complexity index is 531. The van der Waals surface area contributed by atoms with Crippen molar-refractivity contribution < 1.29 is 13.0 Å². The van der Waals surface area contributed by atoms with Gasteiger partial charge in [-0.2, -0.15) is 13.1 Å². The molecule has 1 rings (SSSR count). The van der Waals surface area contributed by atoms with E-state index in [4.69, 9.17) is 10.3 Å². The lowest BCUT2D eigenvalue weighted by Crippen LogP contribution is -2.47. The molecule has 0 saturated carbocycles. The number of hydrogen-bond acceptors (Lipinski definition) is 4. The Morgan fingerprint density at radius 1 is 1.42 bits per heavy atom. The van der Waals surface area contributed by atoms with E-state index >= 15 is 0 Å². The lowest BCUT2D eigenvalue weighted by Gasteiger charge is -2.32. The van der Waals surface area contributed by atoms with Gasteiger partial charge in [0.15, 0.2) is 0 Å². The average Bonchev–Trinajstić information content (AvgIpc) is 2.31. The third-order valence-corrected chi connectivity index (χ3v) is 3.54. The summed E-state index contributed by atoms with van der Waals surface area (Å²) in [5.74, 6) is 0. The van der Waals surface area contributed by atoms with E-state index in [-0.39, 0.29) is 0 Å². The van der Waals surface area contributed by atoms with E-state index in [0.717, 1.165) is 11.3 Å². The van der Waals surface area contributed by atoms with E-state index < -0.39 is 16.5 Å². The molecule has 0 bridgehead atoms. The number of anilines is 2. The van der Waals surface area contributed by atoms with Crippen molar-refractivity contribution in [1.82, 2.24) is 4.72 Å². The van der Waals surface area contributed by atoms with Crippen molar-refractivity contribution in [2.24, 2.45) is 0 Å². The van der Waals surface area contributed by atoms with Crippen LogP contribution in [0, 0.1) is 6.92 Å². The third kappa shape index (κ3) is 4.38. The molecular formula is C12H21N3O3S. The first-order chi connectivity index (χ1) is 8.78. The second-order valence-electron chi connectivity index (χ2n) is 4.34. The van der Waals surface area contributed by atoms with Crippen LogP contribution in [0.5, 0.6) is 0 Å². The zero-order chi connectivity index (χ0) is 14.6. The SMILES string of the molecule is CCC(NS(=O)(=O)O)N(CC)c1ccc(N)c(C)c1. The molecule has 6 nitrogen and oxygen atoms in total. The summed E-state index contributed by atoms with van der Waals surface area (Å²) in [6.45, 7) is 6.25. The van der Waals surface area contributed by atoms with Gasteiger partial charge in [0.2, 0.25) is 0 Å². The Morgan fingerprint density at radius 2 is 2.05 bits per heavy atom. The van der Waals surface area contributed by atoms with Crippen LogP contribution in [0.2, 0.25) is 0 Å². The Labute approximate surface area is 114 Å². The van der Waals surface area contributed by atoms with Gasteiger partial charge in [-0.3, -0.25) is 4.55 Å². The summed E-state index contributed by atoms with van der Waals surface area (Å²) < 4.78 is 33.1. The van der Waals surface area contributed by atoms with Crippen LogP contribution < -0.4 is 15.4 Å². The maximum absolute atomic E-state index is 11.0. The predicted molar refractivity (Wildman–Crippen MR) is 77.4 cm³/mol. The fraction of sp³-hybridized carbons (Fsp3) is 0.500. The molecule has 0 aliphatic carbocycles. The number of benzene rings is 1. The molecule has 0 heterocycles. The van der Waals surface area contributed by atoms with E-state index in [1.165, 1.54) is 0 Å². The smallest absolute Gasteiger partial charge is 0.335 e. The van der Waals surface area contributed by atoms with Crippen LogP contribution in [0.15, 0.2) is 18.2 Å².